The number of benzene rings is 1. The van der Waals surface area contributed by atoms with Crippen LogP contribution in [-0.2, 0) is 36.8 Å². The third kappa shape index (κ3) is 8.98. The van der Waals surface area contributed by atoms with Gasteiger partial charge in [0.05, 0.1) is 24.4 Å². The van der Waals surface area contributed by atoms with E-state index in [0.717, 1.165) is 17.0 Å². The van der Waals surface area contributed by atoms with E-state index >= 15 is 0 Å². The van der Waals surface area contributed by atoms with Gasteiger partial charge in [-0.1, -0.05) is 26.3 Å². The van der Waals surface area contributed by atoms with Gasteiger partial charge in [0.25, 0.3) is 11.8 Å². The molecule has 0 saturated carbocycles. The number of nitrogens with one attached hydrogen (secondary N) is 3. The number of carbonyl (C=O) groups excluding carboxylic acids is 5. The number of hydrogen-bond donors (Lipinski definition) is 4. The van der Waals surface area contributed by atoms with Gasteiger partial charge in [-0.25, -0.2) is 0 Å². The van der Waals surface area contributed by atoms with Gasteiger partial charge in [-0.3, -0.25) is 28.9 Å². The zero-order valence-electron chi connectivity index (χ0n) is 21.1. The summed E-state index contributed by atoms with van der Waals surface area (Å²) in [6.45, 7) is 2.39. The maximum absolute atomic E-state index is 13.3. The Hall–Kier alpha value is -3.74. The monoisotopic (exact) mass is 540 g/mol. The number of anilines is 1. The fourth-order valence-electron chi connectivity index (χ4n) is 3.67. The van der Waals surface area contributed by atoms with Gasteiger partial charge in [0, 0.05) is 25.1 Å². The summed E-state index contributed by atoms with van der Waals surface area (Å²) in [4.78, 5) is 61.3. The molecule has 0 radical (unpaired) electrons. The standard InChI is InChI=1S/C25H31F3N4O6/c1-15(2)23(31-19(34)6-4-3-5-11-32-21(36)9-10-22(32)37)24(38)29-13-20(35)30-18-8-7-16(14-33)12-17(18)25(26,27)28/h7-10,12,15,23,33H,3-6,11,13-14H2,1-2H3,(H,29,38)(H,30,35)(H,31,34). The van der Waals surface area contributed by atoms with E-state index in [-0.39, 0.29) is 36.3 Å². The van der Waals surface area contributed by atoms with Gasteiger partial charge in [0.15, 0.2) is 0 Å². The molecule has 0 saturated heterocycles. The van der Waals surface area contributed by atoms with Crippen LogP contribution in [0.15, 0.2) is 30.4 Å². The quantitative estimate of drug-likeness (QED) is 0.222. The molecule has 5 amide bonds. The molecule has 0 spiro atoms. The molecule has 0 fully saturated rings. The van der Waals surface area contributed by atoms with Crippen molar-refractivity contribution in [1.82, 2.24) is 15.5 Å². The minimum Gasteiger partial charge on any atom is -0.392 e. The van der Waals surface area contributed by atoms with Crippen molar-refractivity contribution in [1.29, 1.82) is 0 Å². The SMILES string of the molecule is CC(C)C(NC(=O)CCCCCN1C(=O)C=CC1=O)C(=O)NCC(=O)Nc1ccc(CO)cc1C(F)(F)F. The molecule has 1 heterocycles. The summed E-state index contributed by atoms with van der Waals surface area (Å²) in [5.74, 6) is -3.06. The van der Waals surface area contributed by atoms with Crippen LogP contribution in [0.25, 0.3) is 0 Å². The van der Waals surface area contributed by atoms with Gasteiger partial charge in [-0.15, -0.1) is 0 Å². The van der Waals surface area contributed by atoms with E-state index in [1.807, 2.05) is 0 Å². The van der Waals surface area contributed by atoms with Gasteiger partial charge >= 0.3 is 6.18 Å². The normalized spacial score (nSPS) is 14.1. The maximum Gasteiger partial charge on any atom is 0.418 e. The number of alkyl halides is 3. The molecule has 0 bridgehead atoms. The predicted molar refractivity (Wildman–Crippen MR) is 130 cm³/mol. The lowest BCUT2D eigenvalue weighted by Crippen LogP contribution is -2.51. The van der Waals surface area contributed by atoms with Crippen molar-refractivity contribution in [2.24, 2.45) is 5.92 Å². The summed E-state index contributed by atoms with van der Waals surface area (Å²) in [7, 11) is 0. The van der Waals surface area contributed by atoms with E-state index in [1.165, 1.54) is 18.2 Å². The fourth-order valence-corrected chi connectivity index (χ4v) is 3.67. The topological polar surface area (TPSA) is 145 Å². The van der Waals surface area contributed by atoms with Crippen LogP contribution in [0.4, 0.5) is 18.9 Å². The van der Waals surface area contributed by atoms with Crippen molar-refractivity contribution in [3.05, 3.63) is 41.5 Å². The molecule has 1 aliphatic heterocycles. The van der Waals surface area contributed by atoms with E-state index in [2.05, 4.69) is 16.0 Å². The highest BCUT2D eigenvalue weighted by Crippen LogP contribution is 2.35. The number of halogens is 3. The minimum atomic E-state index is -4.77. The van der Waals surface area contributed by atoms with Crippen molar-refractivity contribution in [2.75, 3.05) is 18.4 Å². The second-order valence-corrected chi connectivity index (χ2v) is 9.06. The molecule has 13 heteroatoms. The number of unbranched alkanes of at least 4 members (excludes halogenated alkanes) is 2. The Morgan fingerprint density at radius 2 is 1.66 bits per heavy atom. The van der Waals surface area contributed by atoms with Crippen LogP contribution in [0.5, 0.6) is 0 Å². The molecule has 208 valence electrons. The van der Waals surface area contributed by atoms with E-state index < -0.39 is 54.3 Å². The molecule has 0 aliphatic carbocycles. The van der Waals surface area contributed by atoms with E-state index in [9.17, 15) is 37.1 Å². The Morgan fingerprint density at radius 3 is 2.24 bits per heavy atom. The molecule has 2 rings (SSSR count). The van der Waals surface area contributed by atoms with Gasteiger partial charge in [0.1, 0.15) is 6.04 Å². The molecule has 1 atom stereocenters. The van der Waals surface area contributed by atoms with Crippen molar-refractivity contribution in [3.8, 4) is 0 Å². The van der Waals surface area contributed by atoms with Crippen LogP contribution in [0.3, 0.4) is 0 Å². The first-order valence-electron chi connectivity index (χ1n) is 12.0. The highest BCUT2D eigenvalue weighted by atomic mass is 19.4. The van der Waals surface area contributed by atoms with Crippen LogP contribution < -0.4 is 16.0 Å². The molecule has 1 aromatic rings. The van der Waals surface area contributed by atoms with Gasteiger partial charge in [-0.05, 0) is 36.5 Å². The summed E-state index contributed by atoms with van der Waals surface area (Å²) in [6.07, 6.45) is -0.722. The second kappa shape index (κ2) is 13.7. The summed E-state index contributed by atoms with van der Waals surface area (Å²) < 4.78 is 39.9. The molecule has 0 aromatic heterocycles. The van der Waals surface area contributed by atoms with Crippen molar-refractivity contribution >= 4 is 35.2 Å². The molecule has 1 aliphatic rings. The maximum atomic E-state index is 13.3. The number of aliphatic hydroxyl groups is 1. The number of hydrogen-bond acceptors (Lipinski definition) is 6. The zero-order valence-corrected chi connectivity index (χ0v) is 21.1. The molecule has 1 unspecified atom stereocenters. The first-order valence-corrected chi connectivity index (χ1v) is 12.0. The van der Waals surface area contributed by atoms with E-state index in [1.54, 1.807) is 13.8 Å². The number of carbonyl (C=O) groups is 5. The number of nitrogens with zero attached hydrogens (tertiary/aromatic N) is 1. The molecule has 10 nitrogen and oxygen atoms in total. The fraction of sp³-hybridized carbons (Fsp3) is 0.480. The van der Waals surface area contributed by atoms with Crippen LogP contribution >= 0.6 is 0 Å². The Morgan fingerprint density at radius 1 is 1.00 bits per heavy atom. The van der Waals surface area contributed by atoms with E-state index in [4.69, 9.17) is 5.11 Å². The summed E-state index contributed by atoms with van der Waals surface area (Å²) in [6, 6.07) is 2.00. The molecule has 38 heavy (non-hydrogen) atoms. The number of imide groups is 1. The summed E-state index contributed by atoms with van der Waals surface area (Å²) in [5, 5.41) is 16.1. The smallest absolute Gasteiger partial charge is 0.392 e. The lowest BCUT2D eigenvalue weighted by atomic mass is 10.0. The summed E-state index contributed by atoms with van der Waals surface area (Å²) >= 11 is 0. The first-order chi connectivity index (χ1) is 17.8. The minimum absolute atomic E-state index is 0.0215. The molecule has 4 N–H and O–H groups in total. The highest BCUT2D eigenvalue weighted by Gasteiger charge is 2.34. The van der Waals surface area contributed by atoms with E-state index in [0.29, 0.717) is 19.3 Å². The van der Waals surface area contributed by atoms with Crippen molar-refractivity contribution < 1.29 is 42.3 Å². The Bertz CT molecular complexity index is 1070. The molecular weight excluding hydrogens is 509 g/mol. The number of aliphatic hydroxyl groups excluding tert-OH is 1. The largest absolute Gasteiger partial charge is 0.418 e. The Balaban J connectivity index is 1.80. The van der Waals surface area contributed by atoms with Crippen molar-refractivity contribution in [2.45, 2.75) is 58.4 Å². The third-order valence-electron chi connectivity index (χ3n) is 5.72. The molecule has 1 aromatic carbocycles. The van der Waals surface area contributed by atoms with Gasteiger partial charge < -0.3 is 21.1 Å². The van der Waals surface area contributed by atoms with Crippen molar-refractivity contribution in [3.63, 3.8) is 0 Å². The number of amides is 5. The zero-order chi connectivity index (χ0) is 28.5. The summed E-state index contributed by atoms with van der Waals surface area (Å²) in [5.41, 5.74) is -1.63. The lowest BCUT2D eigenvalue weighted by Gasteiger charge is -2.22. The Labute approximate surface area is 217 Å². The van der Waals surface area contributed by atoms with Gasteiger partial charge in [-0.2, -0.15) is 13.2 Å². The highest BCUT2D eigenvalue weighted by molar-refractivity contribution is 6.12. The van der Waals surface area contributed by atoms with Crippen LogP contribution in [0, 0.1) is 5.92 Å². The molecular formula is C25H31F3N4O6. The van der Waals surface area contributed by atoms with Crippen LogP contribution in [0.1, 0.15) is 50.7 Å². The number of rotatable bonds is 13. The first kappa shape index (κ1) is 30.5. The third-order valence-corrected chi connectivity index (χ3v) is 5.72. The lowest BCUT2D eigenvalue weighted by molar-refractivity contribution is -0.138. The Kier molecular flexibility index (Phi) is 11.0. The van der Waals surface area contributed by atoms with Crippen LogP contribution in [-0.4, -0.2) is 58.7 Å². The second-order valence-electron chi connectivity index (χ2n) is 9.06. The average Bonchev–Trinajstić information content (AvgIpc) is 3.17. The average molecular weight is 541 g/mol. The van der Waals surface area contributed by atoms with Crippen LogP contribution in [0.2, 0.25) is 0 Å². The predicted octanol–water partition coefficient (Wildman–Crippen LogP) is 1.88. The van der Waals surface area contributed by atoms with Gasteiger partial charge in [0.2, 0.25) is 17.7 Å².